The Labute approximate surface area is 118 Å². The number of hydrogen-bond donors (Lipinski definition) is 1. The van der Waals surface area contributed by atoms with E-state index < -0.39 is 0 Å². The molecule has 0 aliphatic heterocycles. The zero-order valence-corrected chi connectivity index (χ0v) is 11.8. The Morgan fingerprint density at radius 1 is 1.20 bits per heavy atom. The van der Waals surface area contributed by atoms with Crippen LogP contribution in [-0.4, -0.2) is 32.2 Å². The minimum absolute atomic E-state index is 0.376. The van der Waals surface area contributed by atoms with Crippen LogP contribution in [0.3, 0.4) is 0 Å². The third-order valence-corrected chi connectivity index (χ3v) is 2.84. The van der Waals surface area contributed by atoms with Gasteiger partial charge in [0.15, 0.2) is 0 Å². The molecule has 5 nitrogen and oxygen atoms in total. The van der Waals surface area contributed by atoms with Crippen LogP contribution in [0.1, 0.15) is 10.4 Å². The fraction of sp³-hybridized carbons (Fsp3) is 0.200. The summed E-state index contributed by atoms with van der Waals surface area (Å²) in [7, 11) is 5.34. The summed E-state index contributed by atoms with van der Waals surface area (Å²) < 4.78 is 4.68. The quantitative estimate of drug-likeness (QED) is 0.866. The van der Waals surface area contributed by atoms with Crippen molar-refractivity contribution in [3.8, 4) is 0 Å². The fourth-order valence-electron chi connectivity index (χ4n) is 1.73. The Morgan fingerprint density at radius 2 is 1.90 bits per heavy atom. The average molecular weight is 271 g/mol. The number of carbonyl (C=O) groups is 1. The second-order valence-electron chi connectivity index (χ2n) is 4.49. The molecule has 0 amide bonds. The Hall–Kier alpha value is -2.56. The first-order valence-electron chi connectivity index (χ1n) is 6.19. The van der Waals surface area contributed by atoms with Gasteiger partial charge in [0, 0.05) is 31.7 Å². The monoisotopic (exact) mass is 271 g/mol. The number of benzene rings is 1. The fourth-order valence-corrected chi connectivity index (χ4v) is 1.73. The van der Waals surface area contributed by atoms with Gasteiger partial charge in [-0.25, -0.2) is 9.78 Å². The van der Waals surface area contributed by atoms with E-state index in [4.69, 9.17) is 0 Å². The predicted octanol–water partition coefficient (Wildman–Crippen LogP) is 2.68. The molecule has 1 aromatic carbocycles. The van der Waals surface area contributed by atoms with Crippen molar-refractivity contribution in [1.29, 1.82) is 0 Å². The number of aromatic nitrogens is 1. The normalized spacial score (nSPS) is 9.95. The first kappa shape index (κ1) is 13.9. The van der Waals surface area contributed by atoms with Crippen molar-refractivity contribution < 1.29 is 9.53 Å². The van der Waals surface area contributed by atoms with E-state index in [1.165, 1.54) is 7.11 Å². The maximum atomic E-state index is 11.5. The molecule has 5 heteroatoms. The van der Waals surface area contributed by atoms with Gasteiger partial charge < -0.3 is 15.0 Å². The van der Waals surface area contributed by atoms with E-state index in [2.05, 4.69) is 15.0 Å². The molecule has 1 aromatic heterocycles. The first-order valence-corrected chi connectivity index (χ1v) is 6.19. The van der Waals surface area contributed by atoms with Gasteiger partial charge in [-0.2, -0.15) is 0 Å². The molecule has 0 unspecified atom stereocenters. The van der Waals surface area contributed by atoms with Gasteiger partial charge in [-0.3, -0.25) is 0 Å². The third kappa shape index (κ3) is 3.26. The summed E-state index contributed by atoms with van der Waals surface area (Å²) in [5, 5.41) is 3.15. The lowest BCUT2D eigenvalue weighted by Crippen LogP contribution is -2.08. The number of hydrogen-bond acceptors (Lipinski definition) is 5. The molecule has 0 saturated carbocycles. The maximum absolute atomic E-state index is 11.5. The first-order chi connectivity index (χ1) is 9.60. The Morgan fingerprint density at radius 3 is 2.50 bits per heavy atom. The minimum atomic E-state index is -0.376. The molecule has 0 spiro atoms. The van der Waals surface area contributed by atoms with Crippen molar-refractivity contribution in [3.63, 3.8) is 0 Å². The highest BCUT2D eigenvalue weighted by Crippen LogP contribution is 2.19. The lowest BCUT2D eigenvalue weighted by molar-refractivity contribution is 0.0600. The molecule has 0 radical (unpaired) electrons. The molecule has 2 aromatic rings. The molecule has 0 saturated heterocycles. The summed E-state index contributed by atoms with van der Waals surface area (Å²) in [6.07, 6.45) is 1.57. The third-order valence-electron chi connectivity index (χ3n) is 2.84. The molecule has 0 aliphatic rings. The summed E-state index contributed by atoms with van der Waals surface area (Å²) >= 11 is 0. The average Bonchev–Trinajstić information content (AvgIpc) is 2.47. The van der Waals surface area contributed by atoms with Crippen molar-refractivity contribution in [3.05, 3.63) is 48.2 Å². The van der Waals surface area contributed by atoms with Gasteiger partial charge >= 0.3 is 5.97 Å². The smallest absolute Gasteiger partial charge is 0.338 e. The van der Waals surface area contributed by atoms with E-state index in [1.807, 2.05) is 43.3 Å². The number of pyridine rings is 1. The van der Waals surface area contributed by atoms with E-state index in [-0.39, 0.29) is 5.97 Å². The zero-order valence-electron chi connectivity index (χ0n) is 11.8. The molecule has 1 heterocycles. The molecule has 0 aliphatic carbocycles. The highest BCUT2D eigenvalue weighted by atomic mass is 16.5. The van der Waals surface area contributed by atoms with E-state index >= 15 is 0 Å². The second-order valence-corrected chi connectivity index (χ2v) is 4.49. The van der Waals surface area contributed by atoms with Gasteiger partial charge in [-0.15, -0.1) is 0 Å². The van der Waals surface area contributed by atoms with Crippen LogP contribution in [0.15, 0.2) is 42.6 Å². The number of rotatable bonds is 4. The number of esters is 1. The maximum Gasteiger partial charge on any atom is 0.338 e. The number of nitrogens with zero attached hydrogens (tertiary/aromatic N) is 2. The summed E-state index contributed by atoms with van der Waals surface area (Å²) in [5.74, 6) is 0.226. The highest BCUT2D eigenvalue weighted by molar-refractivity contribution is 5.90. The summed E-state index contributed by atoms with van der Waals surface area (Å²) in [4.78, 5) is 17.7. The Bertz CT molecular complexity index is 594. The second kappa shape index (κ2) is 6.06. The van der Waals surface area contributed by atoms with E-state index in [0.29, 0.717) is 11.4 Å². The molecular weight excluding hydrogens is 254 g/mol. The lowest BCUT2D eigenvalue weighted by Gasteiger charge is -2.13. The van der Waals surface area contributed by atoms with Gasteiger partial charge in [-0.1, -0.05) is 0 Å². The number of anilines is 3. The number of ether oxygens (including phenoxy) is 1. The Balaban J connectivity index is 2.15. The van der Waals surface area contributed by atoms with Crippen molar-refractivity contribution in [2.75, 3.05) is 31.4 Å². The van der Waals surface area contributed by atoms with Crippen molar-refractivity contribution >= 4 is 23.2 Å². The SMILES string of the molecule is COC(=O)c1ccnc(Nc2ccc(N(C)C)cc2)c1. The summed E-state index contributed by atoms with van der Waals surface area (Å²) in [6, 6.07) is 11.2. The molecule has 0 bridgehead atoms. The number of nitrogens with one attached hydrogen (secondary N) is 1. The van der Waals surface area contributed by atoms with E-state index in [0.717, 1.165) is 11.4 Å². The van der Waals surface area contributed by atoms with Gasteiger partial charge in [-0.05, 0) is 36.4 Å². The van der Waals surface area contributed by atoms with Gasteiger partial charge in [0.25, 0.3) is 0 Å². The molecule has 20 heavy (non-hydrogen) atoms. The number of carbonyl (C=O) groups excluding carboxylic acids is 1. The minimum Gasteiger partial charge on any atom is -0.465 e. The van der Waals surface area contributed by atoms with Crippen LogP contribution in [-0.2, 0) is 4.74 Å². The summed E-state index contributed by atoms with van der Waals surface area (Å²) in [6.45, 7) is 0. The predicted molar refractivity (Wildman–Crippen MR) is 79.6 cm³/mol. The largest absolute Gasteiger partial charge is 0.465 e. The highest BCUT2D eigenvalue weighted by Gasteiger charge is 2.06. The molecular formula is C15H17N3O2. The van der Waals surface area contributed by atoms with Gasteiger partial charge in [0.2, 0.25) is 0 Å². The van der Waals surface area contributed by atoms with Crippen LogP contribution in [0.5, 0.6) is 0 Å². The molecule has 2 rings (SSSR count). The molecule has 1 N–H and O–H groups in total. The van der Waals surface area contributed by atoms with Crippen LogP contribution in [0.25, 0.3) is 0 Å². The van der Waals surface area contributed by atoms with Crippen LogP contribution in [0, 0.1) is 0 Å². The Kier molecular flexibility index (Phi) is 4.20. The van der Waals surface area contributed by atoms with Crippen LogP contribution in [0.2, 0.25) is 0 Å². The number of methoxy groups -OCH3 is 1. The van der Waals surface area contributed by atoms with Crippen molar-refractivity contribution in [1.82, 2.24) is 4.98 Å². The van der Waals surface area contributed by atoms with Crippen molar-refractivity contribution in [2.24, 2.45) is 0 Å². The van der Waals surface area contributed by atoms with Gasteiger partial charge in [0.1, 0.15) is 5.82 Å². The summed E-state index contributed by atoms with van der Waals surface area (Å²) in [5.41, 5.74) is 2.49. The molecule has 104 valence electrons. The lowest BCUT2D eigenvalue weighted by atomic mass is 10.2. The zero-order chi connectivity index (χ0) is 14.5. The standard InChI is InChI=1S/C15H17N3O2/c1-18(2)13-6-4-12(5-7-13)17-14-10-11(8-9-16-14)15(19)20-3/h4-10H,1-3H3,(H,16,17). The van der Waals surface area contributed by atoms with E-state index in [1.54, 1.807) is 18.3 Å². The van der Waals surface area contributed by atoms with E-state index in [9.17, 15) is 4.79 Å². The molecule has 0 fully saturated rings. The van der Waals surface area contributed by atoms with Crippen molar-refractivity contribution in [2.45, 2.75) is 0 Å². The topological polar surface area (TPSA) is 54.5 Å². The van der Waals surface area contributed by atoms with Crippen LogP contribution >= 0.6 is 0 Å². The molecule has 0 atom stereocenters. The van der Waals surface area contributed by atoms with Crippen LogP contribution < -0.4 is 10.2 Å². The van der Waals surface area contributed by atoms with Crippen LogP contribution in [0.4, 0.5) is 17.2 Å². The van der Waals surface area contributed by atoms with Gasteiger partial charge in [0.05, 0.1) is 12.7 Å².